The van der Waals surface area contributed by atoms with Crippen LogP contribution in [-0.4, -0.2) is 32.2 Å². The molecule has 0 N–H and O–H groups in total. The molecule has 1 fully saturated rings. The molecule has 2 aromatic heterocycles. The number of hydrogen-bond donors (Lipinski definition) is 0. The van der Waals surface area contributed by atoms with Crippen molar-refractivity contribution >= 4 is 16.5 Å². The van der Waals surface area contributed by atoms with E-state index in [2.05, 4.69) is 40.3 Å². The van der Waals surface area contributed by atoms with Crippen molar-refractivity contribution in [2.75, 3.05) is 7.11 Å². The molecule has 5 nitrogen and oxygen atoms in total. The van der Waals surface area contributed by atoms with Gasteiger partial charge in [0, 0.05) is 42.1 Å². The lowest BCUT2D eigenvalue weighted by atomic mass is 10.0. The van der Waals surface area contributed by atoms with E-state index in [0.717, 1.165) is 34.5 Å². The maximum Gasteiger partial charge on any atom is 0.156 e. The van der Waals surface area contributed by atoms with E-state index in [1.807, 2.05) is 36.3 Å². The zero-order valence-electron chi connectivity index (χ0n) is 14.2. The van der Waals surface area contributed by atoms with Crippen LogP contribution in [0.3, 0.4) is 0 Å². The number of nitrogens with zero attached hydrogens (tertiary/aromatic N) is 4. The lowest BCUT2D eigenvalue weighted by molar-refractivity contribution is 0.113. The van der Waals surface area contributed by atoms with Crippen molar-refractivity contribution in [1.29, 1.82) is 0 Å². The Labute approximate surface area is 145 Å². The molecule has 1 aromatic carbocycles. The highest BCUT2D eigenvalue weighted by Crippen LogP contribution is 2.56. The van der Waals surface area contributed by atoms with E-state index in [1.165, 1.54) is 5.57 Å². The van der Waals surface area contributed by atoms with Crippen LogP contribution in [0.5, 0.6) is 0 Å². The van der Waals surface area contributed by atoms with Gasteiger partial charge < -0.3 is 9.30 Å². The van der Waals surface area contributed by atoms with Crippen molar-refractivity contribution in [1.82, 2.24) is 19.5 Å². The normalized spacial score (nSPS) is 24.2. The summed E-state index contributed by atoms with van der Waals surface area (Å²) in [5, 5.41) is 1.02. The third-order valence-corrected chi connectivity index (χ3v) is 5.19. The Kier molecular flexibility index (Phi) is 2.97. The first-order valence-corrected chi connectivity index (χ1v) is 8.41. The fourth-order valence-corrected chi connectivity index (χ4v) is 3.66. The number of allylic oxidation sites excluding steroid dienone is 2. The van der Waals surface area contributed by atoms with Crippen molar-refractivity contribution < 1.29 is 4.74 Å². The maximum atomic E-state index is 5.67. The fourth-order valence-electron chi connectivity index (χ4n) is 3.66. The van der Waals surface area contributed by atoms with Gasteiger partial charge in [0.2, 0.25) is 0 Å². The molecule has 0 aliphatic heterocycles. The summed E-state index contributed by atoms with van der Waals surface area (Å²) in [4.78, 5) is 13.7. The molecule has 124 valence electrons. The van der Waals surface area contributed by atoms with Crippen LogP contribution in [0.1, 0.15) is 17.9 Å². The van der Waals surface area contributed by atoms with E-state index in [0.29, 0.717) is 5.92 Å². The predicted octanol–water partition coefficient (Wildman–Crippen LogP) is 3.48. The molecule has 5 rings (SSSR count). The molecule has 0 radical (unpaired) electrons. The van der Waals surface area contributed by atoms with Gasteiger partial charge in [-0.05, 0) is 31.5 Å². The molecule has 1 saturated carbocycles. The highest BCUT2D eigenvalue weighted by atomic mass is 16.5. The molecule has 5 heteroatoms. The van der Waals surface area contributed by atoms with E-state index in [4.69, 9.17) is 9.72 Å². The topological polar surface area (TPSA) is 52.8 Å². The standard InChI is InChI=1S/C20H18N4O/c1-13-11-24(12-22-13)15-5-6-18-14(8-15)10-21-19(23-18)16-4-3-7-20(25-2)9-17(16)20/h3-8,10-12,17H,9H2,1-2H3. The highest BCUT2D eigenvalue weighted by molar-refractivity contribution is 5.82. The maximum absolute atomic E-state index is 5.67. The van der Waals surface area contributed by atoms with E-state index in [-0.39, 0.29) is 5.60 Å². The van der Waals surface area contributed by atoms with E-state index >= 15 is 0 Å². The largest absolute Gasteiger partial charge is 0.373 e. The number of methoxy groups -OCH3 is 1. The van der Waals surface area contributed by atoms with Crippen LogP contribution in [0.25, 0.3) is 22.2 Å². The van der Waals surface area contributed by atoms with Crippen LogP contribution in [0.4, 0.5) is 0 Å². The molecule has 25 heavy (non-hydrogen) atoms. The second-order valence-corrected chi connectivity index (χ2v) is 6.76. The Morgan fingerprint density at radius 1 is 1.28 bits per heavy atom. The summed E-state index contributed by atoms with van der Waals surface area (Å²) in [5.41, 5.74) is 4.04. The summed E-state index contributed by atoms with van der Waals surface area (Å²) in [6.07, 6.45) is 13.0. The summed E-state index contributed by atoms with van der Waals surface area (Å²) < 4.78 is 7.67. The van der Waals surface area contributed by atoms with Gasteiger partial charge in [0.05, 0.1) is 23.1 Å². The Bertz CT molecular complexity index is 1050. The third-order valence-electron chi connectivity index (χ3n) is 5.19. The van der Waals surface area contributed by atoms with Crippen molar-refractivity contribution in [3.63, 3.8) is 0 Å². The van der Waals surface area contributed by atoms with Crippen molar-refractivity contribution in [2.45, 2.75) is 18.9 Å². The minimum atomic E-state index is -0.133. The number of fused-ring (bicyclic) bond motifs is 2. The van der Waals surface area contributed by atoms with Crippen molar-refractivity contribution in [3.8, 4) is 5.69 Å². The van der Waals surface area contributed by atoms with Crippen LogP contribution in [-0.2, 0) is 4.74 Å². The first-order valence-electron chi connectivity index (χ1n) is 8.41. The molecule has 2 heterocycles. The minimum absolute atomic E-state index is 0.133. The lowest BCUT2D eigenvalue weighted by Crippen LogP contribution is -2.15. The first-order chi connectivity index (χ1) is 12.2. The van der Waals surface area contributed by atoms with E-state index in [1.54, 1.807) is 7.11 Å². The van der Waals surface area contributed by atoms with Crippen molar-refractivity contribution in [3.05, 3.63) is 66.7 Å². The number of ether oxygens (including phenoxy) is 1. The number of hydrogen-bond acceptors (Lipinski definition) is 4. The van der Waals surface area contributed by atoms with Gasteiger partial charge in [-0.3, -0.25) is 0 Å². The average molecular weight is 330 g/mol. The summed E-state index contributed by atoms with van der Waals surface area (Å²) in [6, 6.07) is 6.19. The Hall–Kier alpha value is -2.79. The van der Waals surface area contributed by atoms with Crippen LogP contribution in [0.2, 0.25) is 0 Å². The highest BCUT2D eigenvalue weighted by Gasteiger charge is 2.56. The number of aryl methyl sites for hydroxylation is 1. The Morgan fingerprint density at radius 2 is 2.20 bits per heavy atom. The Morgan fingerprint density at radius 3 is 3.00 bits per heavy atom. The third kappa shape index (κ3) is 2.23. The number of benzene rings is 1. The summed E-state index contributed by atoms with van der Waals surface area (Å²) in [5.74, 6) is 1.17. The fraction of sp³-hybridized carbons (Fsp3) is 0.250. The van der Waals surface area contributed by atoms with Gasteiger partial charge in [0.25, 0.3) is 0 Å². The van der Waals surface area contributed by atoms with Gasteiger partial charge in [-0.2, -0.15) is 0 Å². The van der Waals surface area contributed by atoms with Gasteiger partial charge >= 0.3 is 0 Å². The van der Waals surface area contributed by atoms with Gasteiger partial charge in [-0.15, -0.1) is 0 Å². The molecule has 2 unspecified atom stereocenters. The van der Waals surface area contributed by atoms with Crippen LogP contribution in [0.15, 0.2) is 55.1 Å². The first kappa shape index (κ1) is 14.5. The number of rotatable bonds is 3. The van der Waals surface area contributed by atoms with Gasteiger partial charge in [0.15, 0.2) is 5.82 Å². The summed E-state index contributed by atoms with van der Waals surface area (Å²) >= 11 is 0. The van der Waals surface area contributed by atoms with Crippen LogP contribution >= 0.6 is 0 Å². The lowest BCUT2D eigenvalue weighted by Gasteiger charge is -2.16. The van der Waals surface area contributed by atoms with Crippen LogP contribution in [0, 0.1) is 12.8 Å². The molecule has 2 atom stereocenters. The molecule has 2 aliphatic carbocycles. The molecular weight excluding hydrogens is 312 g/mol. The predicted molar refractivity (Wildman–Crippen MR) is 96.4 cm³/mol. The quantitative estimate of drug-likeness (QED) is 0.738. The van der Waals surface area contributed by atoms with Gasteiger partial charge in [0.1, 0.15) is 0 Å². The number of imidazole rings is 1. The number of aromatic nitrogens is 4. The van der Waals surface area contributed by atoms with Crippen LogP contribution < -0.4 is 0 Å². The molecule has 0 saturated heterocycles. The molecule has 2 aliphatic rings. The van der Waals surface area contributed by atoms with E-state index < -0.39 is 0 Å². The monoisotopic (exact) mass is 330 g/mol. The second kappa shape index (κ2) is 5.10. The average Bonchev–Trinajstić information content (AvgIpc) is 3.25. The minimum Gasteiger partial charge on any atom is -0.373 e. The molecule has 0 spiro atoms. The molecule has 3 aromatic rings. The zero-order valence-corrected chi connectivity index (χ0v) is 14.2. The zero-order chi connectivity index (χ0) is 17.0. The second-order valence-electron chi connectivity index (χ2n) is 6.76. The summed E-state index contributed by atoms with van der Waals surface area (Å²) in [7, 11) is 1.77. The Balaban J connectivity index is 1.53. The smallest absolute Gasteiger partial charge is 0.156 e. The SMILES string of the molecule is COC12C=CC=C(c3ncc4cc(-n5cnc(C)c5)ccc4n3)C1C2. The van der Waals surface area contributed by atoms with E-state index in [9.17, 15) is 0 Å². The van der Waals surface area contributed by atoms with Gasteiger partial charge in [-0.25, -0.2) is 15.0 Å². The molecule has 0 amide bonds. The molecule has 0 bridgehead atoms. The molecular formula is C20H18N4O. The summed E-state index contributed by atoms with van der Waals surface area (Å²) in [6.45, 7) is 1.98. The van der Waals surface area contributed by atoms with Crippen molar-refractivity contribution in [2.24, 2.45) is 5.92 Å². The van der Waals surface area contributed by atoms with Gasteiger partial charge in [-0.1, -0.05) is 18.2 Å².